The van der Waals surface area contributed by atoms with Crippen LogP contribution < -0.4 is 10.5 Å². The molecule has 0 aliphatic carbocycles. The summed E-state index contributed by atoms with van der Waals surface area (Å²) >= 11 is 0. The highest BCUT2D eigenvalue weighted by atomic mass is 19.1. The first-order chi connectivity index (χ1) is 14.5. The fraction of sp³-hybridized carbons (Fsp3) is 0.250. The number of benzene rings is 2. The van der Waals surface area contributed by atoms with Gasteiger partial charge in [-0.15, -0.1) is 0 Å². The summed E-state index contributed by atoms with van der Waals surface area (Å²) in [5, 5.41) is 0.644. The van der Waals surface area contributed by atoms with E-state index in [1.165, 1.54) is 36.4 Å². The van der Waals surface area contributed by atoms with Crippen LogP contribution in [0.1, 0.15) is 18.4 Å². The van der Waals surface area contributed by atoms with Crippen LogP contribution in [0, 0.1) is 17.6 Å². The molecule has 0 spiro atoms. The Morgan fingerprint density at radius 2 is 1.70 bits per heavy atom. The number of hydrogen-bond donors (Lipinski definition) is 0. The standard InChI is InChI=1S/C24H22F2N2O2/c1-2-23(29)17-9-11-27(12-10-17)22-14-24(30)28(15-16-3-5-18(25)6-4-16)21-8-7-19(26)13-20(21)22/h2-8,13-14,17H,1,9-12,15H2. The summed E-state index contributed by atoms with van der Waals surface area (Å²) in [6, 6.07) is 11.9. The number of allylic oxidation sites excluding steroid dienone is 1. The van der Waals surface area contributed by atoms with Gasteiger partial charge in [0.1, 0.15) is 11.6 Å². The highest BCUT2D eigenvalue weighted by molar-refractivity contribution is 5.93. The SMILES string of the molecule is C=CC(=O)C1CCN(c2cc(=O)n(Cc3ccc(F)cc3)c3ccc(F)cc23)CC1. The number of carbonyl (C=O) groups excluding carboxylic acids is 1. The van der Waals surface area contributed by atoms with Gasteiger partial charge in [0.15, 0.2) is 5.78 Å². The van der Waals surface area contributed by atoms with Crippen molar-refractivity contribution in [1.82, 2.24) is 4.57 Å². The van der Waals surface area contributed by atoms with Crippen molar-refractivity contribution in [2.45, 2.75) is 19.4 Å². The van der Waals surface area contributed by atoms with Gasteiger partial charge in [-0.3, -0.25) is 9.59 Å². The van der Waals surface area contributed by atoms with Crippen LogP contribution in [0.4, 0.5) is 14.5 Å². The maximum absolute atomic E-state index is 14.1. The molecule has 1 saturated heterocycles. The van der Waals surface area contributed by atoms with E-state index in [0.29, 0.717) is 42.5 Å². The molecule has 0 bridgehead atoms. The van der Waals surface area contributed by atoms with Crippen LogP contribution in [-0.2, 0) is 11.3 Å². The van der Waals surface area contributed by atoms with Crippen molar-refractivity contribution >= 4 is 22.4 Å². The maximum Gasteiger partial charge on any atom is 0.253 e. The molecule has 154 valence electrons. The predicted octanol–water partition coefficient (Wildman–Crippen LogP) is 4.30. The Balaban J connectivity index is 1.73. The minimum absolute atomic E-state index is 0.0419. The molecule has 3 aromatic rings. The van der Waals surface area contributed by atoms with E-state index in [9.17, 15) is 18.4 Å². The number of halogens is 2. The molecule has 0 amide bonds. The van der Waals surface area contributed by atoms with Crippen LogP contribution in [0.15, 0.2) is 66.0 Å². The van der Waals surface area contributed by atoms with Crippen LogP contribution in [0.5, 0.6) is 0 Å². The van der Waals surface area contributed by atoms with Crippen LogP contribution in [0.25, 0.3) is 10.9 Å². The van der Waals surface area contributed by atoms with Gasteiger partial charge in [0.2, 0.25) is 0 Å². The van der Waals surface area contributed by atoms with Crippen LogP contribution in [-0.4, -0.2) is 23.4 Å². The van der Waals surface area contributed by atoms with Gasteiger partial charge in [0.05, 0.1) is 17.7 Å². The van der Waals surface area contributed by atoms with E-state index in [1.54, 1.807) is 22.8 Å². The number of ketones is 1. The van der Waals surface area contributed by atoms with Crippen molar-refractivity contribution in [1.29, 1.82) is 0 Å². The van der Waals surface area contributed by atoms with E-state index in [4.69, 9.17) is 0 Å². The van der Waals surface area contributed by atoms with Gasteiger partial charge in [0.25, 0.3) is 5.56 Å². The summed E-state index contributed by atoms with van der Waals surface area (Å²) in [6.45, 7) is 5.03. The molecule has 1 aliphatic heterocycles. The lowest BCUT2D eigenvalue weighted by molar-refractivity contribution is -0.118. The third kappa shape index (κ3) is 3.90. The van der Waals surface area contributed by atoms with E-state index < -0.39 is 0 Å². The normalized spacial score (nSPS) is 14.8. The van der Waals surface area contributed by atoms with E-state index in [-0.39, 0.29) is 35.4 Å². The van der Waals surface area contributed by atoms with Crippen molar-refractivity contribution in [2.24, 2.45) is 5.92 Å². The number of anilines is 1. The number of fused-ring (bicyclic) bond motifs is 1. The molecule has 2 aromatic carbocycles. The lowest BCUT2D eigenvalue weighted by atomic mass is 9.92. The van der Waals surface area contributed by atoms with Crippen molar-refractivity contribution in [3.8, 4) is 0 Å². The van der Waals surface area contributed by atoms with E-state index >= 15 is 0 Å². The number of piperidine rings is 1. The minimum atomic E-state index is -0.382. The second-order valence-corrected chi connectivity index (χ2v) is 7.61. The molecule has 30 heavy (non-hydrogen) atoms. The van der Waals surface area contributed by atoms with E-state index in [1.807, 2.05) is 4.90 Å². The minimum Gasteiger partial charge on any atom is -0.371 e. The first-order valence-corrected chi connectivity index (χ1v) is 9.95. The molecule has 4 rings (SSSR count). The summed E-state index contributed by atoms with van der Waals surface area (Å²) in [4.78, 5) is 26.9. The topological polar surface area (TPSA) is 42.3 Å². The number of rotatable bonds is 5. The molecule has 1 aromatic heterocycles. The summed E-state index contributed by atoms with van der Waals surface area (Å²) in [6.07, 6.45) is 2.70. The van der Waals surface area contributed by atoms with Crippen LogP contribution in [0.2, 0.25) is 0 Å². The highest BCUT2D eigenvalue weighted by Crippen LogP contribution is 2.30. The zero-order chi connectivity index (χ0) is 21.3. The van der Waals surface area contributed by atoms with Gasteiger partial charge < -0.3 is 9.47 Å². The van der Waals surface area contributed by atoms with Gasteiger partial charge in [0, 0.05) is 30.5 Å². The molecule has 6 heteroatoms. The molecule has 2 heterocycles. The second kappa shape index (κ2) is 8.22. The third-order valence-corrected chi connectivity index (χ3v) is 5.74. The fourth-order valence-corrected chi connectivity index (χ4v) is 4.11. The predicted molar refractivity (Wildman–Crippen MR) is 114 cm³/mol. The molecule has 0 radical (unpaired) electrons. The molecule has 1 aliphatic rings. The van der Waals surface area contributed by atoms with Crippen molar-refractivity contribution in [2.75, 3.05) is 18.0 Å². The van der Waals surface area contributed by atoms with Crippen LogP contribution in [0.3, 0.4) is 0 Å². The molecular formula is C24H22F2N2O2. The van der Waals surface area contributed by atoms with Crippen molar-refractivity contribution in [3.05, 3.63) is 88.7 Å². The lowest BCUT2D eigenvalue weighted by Crippen LogP contribution is -2.37. The summed E-state index contributed by atoms with van der Waals surface area (Å²) in [5.74, 6) is -0.736. The molecule has 0 atom stereocenters. The van der Waals surface area contributed by atoms with Gasteiger partial charge in [-0.25, -0.2) is 8.78 Å². The van der Waals surface area contributed by atoms with Gasteiger partial charge in [-0.05, 0) is 54.8 Å². The summed E-state index contributed by atoms with van der Waals surface area (Å²) in [7, 11) is 0. The average Bonchev–Trinajstić information content (AvgIpc) is 2.76. The van der Waals surface area contributed by atoms with Crippen LogP contribution >= 0.6 is 0 Å². The number of aromatic nitrogens is 1. The second-order valence-electron chi connectivity index (χ2n) is 7.61. The smallest absolute Gasteiger partial charge is 0.253 e. The highest BCUT2D eigenvalue weighted by Gasteiger charge is 2.25. The Labute approximate surface area is 173 Å². The quantitative estimate of drug-likeness (QED) is 0.591. The molecular weight excluding hydrogens is 386 g/mol. The molecule has 4 nitrogen and oxygen atoms in total. The van der Waals surface area contributed by atoms with E-state index in [0.717, 1.165) is 5.56 Å². The summed E-state index contributed by atoms with van der Waals surface area (Å²) < 4.78 is 28.9. The van der Waals surface area contributed by atoms with Gasteiger partial charge in [-0.2, -0.15) is 0 Å². The number of carbonyl (C=O) groups is 1. The summed E-state index contributed by atoms with van der Waals surface area (Å²) in [5.41, 5.74) is 1.86. The lowest BCUT2D eigenvalue weighted by Gasteiger charge is -2.33. The largest absolute Gasteiger partial charge is 0.371 e. The Morgan fingerprint density at radius 1 is 1.03 bits per heavy atom. The Hall–Kier alpha value is -3.28. The van der Waals surface area contributed by atoms with E-state index in [2.05, 4.69) is 6.58 Å². The zero-order valence-electron chi connectivity index (χ0n) is 16.5. The Kier molecular flexibility index (Phi) is 5.48. The molecule has 0 saturated carbocycles. The number of hydrogen-bond acceptors (Lipinski definition) is 3. The Morgan fingerprint density at radius 3 is 2.37 bits per heavy atom. The zero-order valence-corrected chi connectivity index (χ0v) is 16.5. The van der Waals surface area contributed by atoms with Crippen molar-refractivity contribution < 1.29 is 13.6 Å². The fourth-order valence-electron chi connectivity index (χ4n) is 4.11. The maximum atomic E-state index is 14.1. The number of nitrogens with zero attached hydrogens (tertiary/aromatic N) is 2. The van der Waals surface area contributed by atoms with Gasteiger partial charge in [-0.1, -0.05) is 18.7 Å². The molecule has 1 fully saturated rings. The Bertz CT molecular complexity index is 1160. The van der Waals surface area contributed by atoms with Crippen molar-refractivity contribution in [3.63, 3.8) is 0 Å². The average molecular weight is 408 g/mol. The monoisotopic (exact) mass is 408 g/mol. The number of pyridine rings is 1. The third-order valence-electron chi connectivity index (χ3n) is 5.74. The first-order valence-electron chi connectivity index (χ1n) is 9.95. The molecule has 0 unspecified atom stereocenters. The molecule has 0 N–H and O–H groups in total. The first kappa shape index (κ1) is 20.0. The van der Waals surface area contributed by atoms with Gasteiger partial charge >= 0.3 is 0 Å².